The topological polar surface area (TPSA) is 38.4 Å². The number of allylic oxidation sites excluding steroid dienone is 2. The molecule has 0 aliphatic rings. The molecule has 0 aromatic heterocycles. The van der Waals surface area contributed by atoms with Gasteiger partial charge >= 0.3 is 0 Å². The quantitative estimate of drug-likeness (QED) is 0.618. The lowest BCUT2D eigenvalue weighted by Crippen LogP contribution is -1.93. The SMILES string of the molecule is C=C(C=N/C=C(/C)N)C(C)C. The average molecular weight is 152 g/mol. The largest absolute Gasteiger partial charge is 0.401 e. The second-order valence-electron chi connectivity index (χ2n) is 2.88. The number of hydrogen-bond donors (Lipinski definition) is 1. The van der Waals surface area contributed by atoms with Crippen LogP contribution in [0.2, 0.25) is 0 Å². The van der Waals surface area contributed by atoms with Crippen molar-refractivity contribution in [3.05, 3.63) is 24.0 Å². The second kappa shape index (κ2) is 4.72. The van der Waals surface area contributed by atoms with Crippen molar-refractivity contribution >= 4 is 6.21 Å². The van der Waals surface area contributed by atoms with E-state index in [9.17, 15) is 0 Å². The van der Waals surface area contributed by atoms with Gasteiger partial charge in [-0.3, -0.25) is 4.99 Å². The summed E-state index contributed by atoms with van der Waals surface area (Å²) in [5.41, 5.74) is 7.09. The first-order chi connectivity index (χ1) is 5.04. The third kappa shape index (κ3) is 5.40. The Morgan fingerprint density at radius 2 is 2.09 bits per heavy atom. The molecule has 2 heteroatoms. The van der Waals surface area contributed by atoms with Crippen LogP contribution in [0.1, 0.15) is 20.8 Å². The van der Waals surface area contributed by atoms with Crippen molar-refractivity contribution in [3.63, 3.8) is 0 Å². The molecule has 0 heterocycles. The first-order valence-electron chi connectivity index (χ1n) is 3.68. The van der Waals surface area contributed by atoms with Crippen LogP contribution < -0.4 is 5.73 Å². The summed E-state index contributed by atoms with van der Waals surface area (Å²) in [5, 5.41) is 0. The van der Waals surface area contributed by atoms with E-state index in [4.69, 9.17) is 5.73 Å². The standard InChI is InChI=1S/C9H16N2/c1-7(2)8(3)5-11-6-9(4)10/h5-7H,3,10H2,1-2,4H3/b9-6-,11-5?. The molecule has 11 heavy (non-hydrogen) atoms. The van der Waals surface area contributed by atoms with E-state index in [-0.39, 0.29) is 0 Å². The highest BCUT2D eigenvalue weighted by Gasteiger charge is 1.93. The van der Waals surface area contributed by atoms with Crippen molar-refractivity contribution in [3.8, 4) is 0 Å². The molecule has 0 rings (SSSR count). The normalized spacial score (nSPS) is 12.9. The first-order valence-corrected chi connectivity index (χ1v) is 3.68. The Morgan fingerprint density at radius 1 is 1.55 bits per heavy atom. The van der Waals surface area contributed by atoms with E-state index in [0.717, 1.165) is 5.57 Å². The van der Waals surface area contributed by atoms with Crippen LogP contribution in [0.4, 0.5) is 0 Å². The van der Waals surface area contributed by atoms with E-state index in [2.05, 4.69) is 25.4 Å². The number of rotatable bonds is 3. The summed E-state index contributed by atoms with van der Waals surface area (Å²) in [6, 6.07) is 0. The zero-order valence-corrected chi connectivity index (χ0v) is 7.46. The fraction of sp³-hybridized carbons (Fsp3) is 0.444. The summed E-state index contributed by atoms with van der Waals surface area (Å²) in [5.74, 6) is 0.449. The molecule has 0 saturated heterocycles. The summed E-state index contributed by atoms with van der Waals surface area (Å²) < 4.78 is 0. The van der Waals surface area contributed by atoms with Crippen LogP contribution in [0.15, 0.2) is 29.0 Å². The predicted octanol–water partition coefficient (Wildman–Crippen LogP) is 2.09. The van der Waals surface area contributed by atoms with Crippen molar-refractivity contribution in [1.29, 1.82) is 0 Å². The van der Waals surface area contributed by atoms with Gasteiger partial charge in [0.15, 0.2) is 0 Å². The smallest absolute Gasteiger partial charge is 0.0452 e. The molecule has 0 aliphatic carbocycles. The lowest BCUT2D eigenvalue weighted by Gasteiger charge is -2.00. The highest BCUT2D eigenvalue weighted by Crippen LogP contribution is 2.02. The number of nitrogens with zero attached hydrogens (tertiary/aromatic N) is 1. The Kier molecular flexibility index (Phi) is 4.27. The molecule has 2 N–H and O–H groups in total. The van der Waals surface area contributed by atoms with Crippen molar-refractivity contribution in [2.45, 2.75) is 20.8 Å². The fourth-order valence-corrected chi connectivity index (χ4v) is 0.400. The summed E-state index contributed by atoms with van der Waals surface area (Å²) in [7, 11) is 0. The van der Waals surface area contributed by atoms with Gasteiger partial charge in [0.2, 0.25) is 0 Å². The Morgan fingerprint density at radius 3 is 2.45 bits per heavy atom. The molecule has 0 saturated carbocycles. The summed E-state index contributed by atoms with van der Waals surface area (Å²) in [4.78, 5) is 3.98. The number of hydrogen-bond acceptors (Lipinski definition) is 2. The molecule has 0 amide bonds. The third-order valence-electron chi connectivity index (χ3n) is 1.26. The van der Waals surface area contributed by atoms with E-state index in [1.165, 1.54) is 0 Å². The zero-order chi connectivity index (χ0) is 8.85. The van der Waals surface area contributed by atoms with Crippen LogP contribution in [0.25, 0.3) is 0 Å². The summed E-state index contributed by atoms with van der Waals surface area (Å²) in [6.45, 7) is 9.79. The van der Waals surface area contributed by atoms with Gasteiger partial charge in [-0.15, -0.1) is 0 Å². The van der Waals surface area contributed by atoms with E-state index < -0.39 is 0 Å². The molecule has 0 unspecified atom stereocenters. The van der Waals surface area contributed by atoms with E-state index in [0.29, 0.717) is 11.6 Å². The van der Waals surface area contributed by atoms with Gasteiger partial charge in [-0.2, -0.15) is 0 Å². The van der Waals surface area contributed by atoms with Gasteiger partial charge in [-0.05, 0) is 18.4 Å². The Labute approximate surface area is 68.5 Å². The van der Waals surface area contributed by atoms with Gasteiger partial charge in [0.25, 0.3) is 0 Å². The first kappa shape index (κ1) is 9.95. The molecular formula is C9H16N2. The van der Waals surface area contributed by atoms with E-state index >= 15 is 0 Å². The van der Waals surface area contributed by atoms with E-state index in [1.54, 1.807) is 19.3 Å². The molecule has 0 spiro atoms. The zero-order valence-electron chi connectivity index (χ0n) is 7.46. The maximum Gasteiger partial charge on any atom is 0.0452 e. The minimum atomic E-state index is 0.449. The minimum absolute atomic E-state index is 0.449. The lowest BCUT2D eigenvalue weighted by atomic mass is 10.1. The Bertz CT molecular complexity index is 184. The lowest BCUT2D eigenvalue weighted by molar-refractivity contribution is 0.810. The fourth-order valence-electron chi connectivity index (χ4n) is 0.400. The van der Waals surface area contributed by atoms with Crippen LogP contribution in [-0.4, -0.2) is 6.21 Å². The maximum absolute atomic E-state index is 5.37. The second-order valence-corrected chi connectivity index (χ2v) is 2.88. The van der Waals surface area contributed by atoms with Crippen LogP contribution in [0.5, 0.6) is 0 Å². The molecule has 2 nitrogen and oxygen atoms in total. The van der Waals surface area contributed by atoms with Crippen molar-refractivity contribution in [2.75, 3.05) is 0 Å². The maximum atomic E-state index is 5.37. The summed E-state index contributed by atoms with van der Waals surface area (Å²) in [6.07, 6.45) is 3.36. The van der Waals surface area contributed by atoms with Crippen LogP contribution in [0.3, 0.4) is 0 Å². The molecular weight excluding hydrogens is 136 g/mol. The monoisotopic (exact) mass is 152 g/mol. The third-order valence-corrected chi connectivity index (χ3v) is 1.26. The molecule has 0 bridgehead atoms. The van der Waals surface area contributed by atoms with Gasteiger partial charge in [0.1, 0.15) is 0 Å². The van der Waals surface area contributed by atoms with Crippen molar-refractivity contribution in [2.24, 2.45) is 16.6 Å². The highest BCUT2D eigenvalue weighted by atomic mass is 14.7. The molecule has 0 fully saturated rings. The Balaban J connectivity index is 3.95. The minimum Gasteiger partial charge on any atom is -0.401 e. The molecule has 0 aromatic rings. The average Bonchev–Trinajstić information content (AvgIpc) is 1.86. The van der Waals surface area contributed by atoms with Gasteiger partial charge < -0.3 is 5.73 Å². The highest BCUT2D eigenvalue weighted by molar-refractivity contribution is 5.78. The van der Waals surface area contributed by atoms with E-state index in [1.807, 2.05) is 0 Å². The van der Waals surface area contributed by atoms with Gasteiger partial charge in [0, 0.05) is 18.1 Å². The molecule has 62 valence electrons. The van der Waals surface area contributed by atoms with Crippen molar-refractivity contribution < 1.29 is 0 Å². The molecule has 0 aliphatic heterocycles. The van der Waals surface area contributed by atoms with Crippen LogP contribution >= 0.6 is 0 Å². The molecule has 0 aromatic carbocycles. The van der Waals surface area contributed by atoms with Gasteiger partial charge in [-0.1, -0.05) is 20.4 Å². The molecule has 0 atom stereocenters. The predicted molar refractivity (Wildman–Crippen MR) is 50.4 cm³/mol. The van der Waals surface area contributed by atoms with Crippen LogP contribution in [0, 0.1) is 5.92 Å². The van der Waals surface area contributed by atoms with Crippen LogP contribution in [-0.2, 0) is 0 Å². The number of nitrogens with two attached hydrogens (primary N) is 1. The van der Waals surface area contributed by atoms with Crippen molar-refractivity contribution in [1.82, 2.24) is 0 Å². The van der Waals surface area contributed by atoms with Gasteiger partial charge in [-0.25, -0.2) is 0 Å². The number of aliphatic imine (C=N–C) groups is 1. The Hall–Kier alpha value is -1.05. The van der Waals surface area contributed by atoms with Gasteiger partial charge in [0.05, 0.1) is 0 Å². The molecule has 0 radical (unpaired) electrons. The summed E-state index contributed by atoms with van der Waals surface area (Å²) >= 11 is 0.